The maximum Gasteiger partial charge on any atom is 0.230 e. The van der Waals surface area contributed by atoms with Gasteiger partial charge in [-0.05, 0) is 62.1 Å². The van der Waals surface area contributed by atoms with Crippen molar-refractivity contribution in [1.82, 2.24) is 59.2 Å². The Balaban J connectivity index is 0.000000145. The van der Waals surface area contributed by atoms with E-state index in [9.17, 15) is 4.79 Å². The molecular formula is C48H54N16O. The van der Waals surface area contributed by atoms with Crippen LogP contribution in [0.2, 0.25) is 0 Å². The average Bonchev–Trinajstić information content (AvgIpc) is 4.19. The van der Waals surface area contributed by atoms with Gasteiger partial charge in [-0.3, -0.25) is 14.8 Å². The van der Waals surface area contributed by atoms with Crippen LogP contribution in [0.15, 0.2) is 86.0 Å². The number of hydrogen-bond donors (Lipinski definition) is 3. The minimum atomic E-state index is 0.137. The fourth-order valence-electron chi connectivity index (χ4n) is 10.2. The van der Waals surface area contributed by atoms with Crippen LogP contribution < -0.4 is 25.8 Å². The van der Waals surface area contributed by atoms with Crippen molar-refractivity contribution >= 4 is 84.7 Å². The van der Waals surface area contributed by atoms with E-state index in [4.69, 9.17) is 9.97 Å². The molecule has 8 aromatic rings. The fourth-order valence-corrected chi connectivity index (χ4v) is 10.2. The molecule has 2 saturated heterocycles. The molecule has 332 valence electrons. The number of pyridine rings is 4. The van der Waals surface area contributed by atoms with Crippen LogP contribution >= 0.6 is 0 Å². The molecule has 12 rings (SSSR count). The first-order valence-electron chi connectivity index (χ1n) is 23.2. The molecule has 8 aromatic heterocycles. The second-order valence-corrected chi connectivity index (χ2v) is 17.5. The first kappa shape index (κ1) is 40.7. The van der Waals surface area contributed by atoms with Crippen LogP contribution in [0.4, 0.5) is 34.9 Å². The Kier molecular flexibility index (Phi) is 11.2. The molecule has 4 aliphatic rings. The molecule has 0 bridgehead atoms. The smallest absolute Gasteiger partial charge is 0.230 e. The summed E-state index contributed by atoms with van der Waals surface area (Å²) >= 11 is 0. The van der Waals surface area contributed by atoms with Crippen molar-refractivity contribution in [2.45, 2.75) is 70.4 Å². The van der Waals surface area contributed by atoms with Crippen LogP contribution in [0.3, 0.4) is 0 Å². The summed E-state index contributed by atoms with van der Waals surface area (Å²) in [4.78, 5) is 55.0. The number of carbonyl (C=O) groups excluding carboxylic acids is 1. The van der Waals surface area contributed by atoms with Crippen molar-refractivity contribution < 1.29 is 4.79 Å². The van der Waals surface area contributed by atoms with Gasteiger partial charge in [0.05, 0.1) is 47.2 Å². The zero-order valence-corrected chi connectivity index (χ0v) is 36.8. The summed E-state index contributed by atoms with van der Waals surface area (Å²) in [5, 5.41) is 14.4. The Bertz CT molecular complexity index is 2940. The highest BCUT2D eigenvalue weighted by atomic mass is 16.2. The van der Waals surface area contributed by atoms with E-state index < -0.39 is 0 Å². The van der Waals surface area contributed by atoms with E-state index in [-0.39, 0.29) is 5.91 Å². The average molecular weight is 871 g/mol. The van der Waals surface area contributed by atoms with Crippen molar-refractivity contribution in [3.63, 3.8) is 0 Å². The third kappa shape index (κ3) is 8.20. The number of piperazine rings is 2. The van der Waals surface area contributed by atoms with E-state index in [1.54, 1.807) is 6.92 Å². The quantitative estimate of drug-likeness (QED) is 0.137. The van der Waals surface area contributed by atoms with E-state index in [0.29, 0.717) is 29.8 Å². The van der Waals surface area contributed by atoms with Crippen LogP contribution in [0, 0.1) is 0 Å². The SMILES string of the molecule is CC(=O)N1CCN(c2ccc(Nc3ncc4c5ccncc5n(C5CCCC5)c4n3)nc2)CC1.c1cc2c3cnc(Nc4ccc(N5CCNCC5)cn4)nc3n(C3CCCC3)c2cn1. The summed E-state index contributed by atoms with van der Waals surface area (Å²) in [5.74, 6) is 2.71. The molecule has 1 amide bonds. The second kappa shape index (κ2) is 17.9. The lowest BCUT2D eigenvalue weighted by Crippen LogP contribution is -2.48. The Morgan fingerprint density at radius 2 is 1.03 bits per heavy atom. The van der Waals surface area contributed by atoms with Crippen molar-refractivity contribution in [3.8, 4) is 0 Å². The zero-order valence-electron chi connectivity index (χ0n) is 36.8. The molecule has 0 unspecified atom stereocenters. The third-order valence-corrected chi connectivity index (χ3v) is 13.6. The number of hydrogen-bond acceptors (Lipinski definition) is 14. The first-order valence-corrected chi connectivity index (χ1v) is 23.2. The van der Waals surface area contributed by atoms with Crippen LogP contribution in [-0.4, -0.2) is 112 Å². The number of anilines is 6. The summed E-state index contributed by atoms with van der Waals surface area (Å²) < 4.78 is 4.73. The maximum absolute atomic E-state index is 11.6. The second-order valence-electron chi connectivity index (χ2n) is 17.5. The Morgan fingerprint density at radius 1 is 0.554 bits per heavy atom. The lowest BCUT2D eigenvalue weighted by Gasteiger charge is -2.35. The Morgan fingerprint density at radius 3 is 1.48 bits per heavy atom. The summed E-state index contributed by atoms with van der Waals surface area (Å²) in [7, 11) is 0. The van der Waals surface area contributed by atoms with Gasteiger partial charge in [-0.15, -0.1) is 0 Å². The number of carbonyl (C=O) groups is 1. The van der Waals surface area contributed by atoms with Gasteiger partial charge in [0.15, 0.2) is 0 Å². The highest BCUT2D eigenvalue weighted by Crippen LogP contribution is 2.39. The predicted molar refractivity (Wildman–Crippen MR) is 255 cm³/mol. The molecule has 17 nitrogen and oxygen atoms in total. The van der Waals surface area contributed by atoms with E-state index in [1.165, 1.54) is 56.8 Å². The van der Waals surface area contributed by atoms with Crippen molar-refractivity contribution in [1.29, 1.82) is 0 Å². The molecule has 17 heteroatoms. The summed E-state index contributed by atoms with van der Waals surface area (Å²) in [6.45, 7) is 8.78. The third-order valence-electron chi connectivity index (χ3n) is 13.6. The van der Waals surface area contributed by atoms with Crippen LogP contribution in [-0.2, 0) is 4.79 Å². The molecular weight excluding hydrogens is 817 g/mol. The molecule has 2 saturated carbocycles. The molecule has 65 heavy (non-hydrogen) atoms. The van der Waals surface area contributed by atoms with E-state index in [2.05, 4.69) is 89.1 Å². The van der Waals surface area contributed by atoms with Crippen LogP contribution in [0.1, 0.15) is 70.4 Å². The van der Waals surface area contributed by atoms with Crippen molar-refractivity contribution in [2.24, 2.45) is 0 Å². The summed E-state index contributed by atoms with van der Waals surface area (Å²) in [6.07, 6.45) is 25.0. The van der Waals surface area contributed by atoms with Gasteiger partial charge in [0.2, 0.25) is 17.8 Å². The van der Waals surface area contributed by atoms with Crippen LogP contribution in [0.25, 0.3) is 43.9 Å². The number of nitrogens with one attached hydrogen (secondary N) is 3. The molecule has 2 aliphatic carbocycles. The van der Waals surface area contributed by atoms with E-state index >= 15 is 0 Å². The van der Waals surface area contributed by atoms with Gasteiger partial charge in [-0.2, -0.15) is 9.97 Å². The monoisotopic (exact) mass is 870 g/mol. The molecule has 0 atom stereocenters. The molecule has 0 spiro atoms. The molecule has 4 fully saturated rings. The zero-order chi connectivity index (χ0) is 43.7. The molecule has 10 heterocycles. The van der Waals surface area contributed by atoms with Crippen LogP contribution in [0.5, 0.6) is 0 Å². The van der Waals surface area contributed by atoms with E-state index in [1.807, 2.05) is 66.6 Å². The van der Waals surface area contributed by atoms with Crippen molar-refractivity contribution in [3.05, 3.63) is 86.0 Å². The highest BCUT2D eigenvalue weighted by Gasteiger charge is 2.25. The standard InChI is InChI=1S/C25H28N8O.C23H26N8/c1-17(34)31-10-12-32(13-11-31)19-6-7-23(27-14-19)29-25-28-15-21-20-8-9-26-16-22(20)33(24(21)30-25)18-4-2-3-5-18;1-2-4-16(3-1)31-20-15-25-8-7-18(20)19-14-27-23(29-22(19)31)28-21-6-5-17(13-26-21)30-11-9-24-10-12-30/h6-9,14-16,18H,2-5,10-13H2,1H3,(H,27,28,29,30);5-8,13-16,24H,1-4,9-12H2,(H,26,27,28,29). The minimum absolute atomic E-state index is 0.137. The number of amides is 1. The molecule has 0 radical (unpaired) electrons. The van der Waals surface area contributed by atoms with Gasteiger partial charge in [0.1, 0.15) is 22.9 Å². The molecule has 3 N–H and O–H groups in total. The number of nitrogens with zero attached hydrogens (tertiary/aromatic N) is 13. The Hall–Kier alpha value is -7.01. The first-order chi connectivity index (χ1) is 32.0. The molecule has 0 aromatic carbocycles. The molecule has 2 aliphatic heterocycles. The van der Waals surface area contributed by atoms with E-state index in [0.717, 1.165) is 108 Å². The minimum Gasteiger partial charge on any atom is -0.368 e. The lowest BCUT2D eigenvalue weighted by atomic mass is 10.2. The van der Waals surface area contributed by atoms with Gasteiger partial charge in [0, 0.05) is 118 Å². The van der Waals surface area contributed by atoms with Gasteiger partial charge < -0.3 is 39.8 Å². The number of rotatable bonds is 8. The van der Waals surface area contributed by atoms with Gasteiger partial charge in [-0.25, -0.2) is 19.9 Å². The fraction of sp³-hybridized carbons (Fsp3) is 0.396. The largest absolute Gasteiger partial charge is 0.368 e. The highest BCUT2D eigenvalue weighted by molar-refractivity contribution is 6.07. The normalized spacial score (nSPS) is 17.3. The number of fused-ring (bicyclic) bond motifs is 6. The Labute approximate surface area is 376 Å². The lowest BCUT2D eigenvalue weighted by molar-refractivity contribution is -0.129. The van der Waals surface area contributed by atoms with Gasteiger partial charge in [0.25, 0.3) is 0 Å². The summed E-state index contributed by atoms with van der Waals surface area (Å²) in [5.41, 5.74) is 6.41. The predicted octanol–water partition coefficient (Wildman–Crippen LogP) is 7.54. The van der Waals surface area contributed by atoms with Gasteiger partial charge in [-0.1, -0.05) is 25.7 Å². The van der Waals surface area contributed by atoms with Gasteiger partial charge >= 0.3 is 0 Å². The topological polar surface area (TPSA) is 176 Å². The maximum atomic E-state index is 11.6. The summed E-state index contributed by atoms with van der Waals surface area (Å²) in [6, 6.07) is 13.2. The van der Waals surface area contributed by atoms with Crippen molar-refractivity contribution in [2.75, 3.05) is 72.8 Å². The number of aromatic nitrogens is 10.